The van der Waals surface area contributed by atoms with Crippen molar-refractivity contribution in [3.05, 3.63) is 138 Å². The van der Waals surface area contributed by atoms with E-state index in [4.69, 9.17) is 0 Å². The molecule has 0 radical (unpaired) electrons. The van der Waals surface area contributed by atoms with Crippen LogP contribution >= 0.6 is 0 Å². The Morgan fingerprint density at radius 2 is 0.925 bits per heavy atom. The number of hydrogen-bond acceptors (Lipinski definition) is 0. The lowest BCUT2D eigenvalue weighted by atomic mass is 10.1. The molecule has 0 fully saturated rings. The van der Waals surface area contributed by atoms with E-state index in [1.807, 2.05) is 0 Å². The molecule has 0 aromatic heterocycles. The van der Waals surface area contributed by atoms with E-state index in [1.165, 1.54) is 102 Å². The van der Waals surface area contributed by atoms with Gasteiger partial charge in [0.1, 0.15) is 0 Å². The first-order valence-corrected chi connectivity index (χ1v) is 15.3. The summed E-state index contributed by atoms with van der Waals surface area (Å²) in [5.74, 6) is 0. The molecule has 0 heterocycles. The maximum atomic E-state index is 2.34. The predicted octanol–water partition coefficient (Wildman–Crippen LogP) is 11.9. The maximum Gasteiger partial charge on any atom is -0.00612 e. The highest BCUT2D eigenvalue weighted by molar-refractivity contribution is 5.56. The molecule has 0 atom stereocenters. The molecular weight excluding hydrogens is 480 g/mol. The van der Waals surface area contributed by atoms with Crippen molar-refractivity contribution in [2.24, 2.45) is 0 Å². The number of fused-ring (bicyclic) bond motifs is 1. The van der Waals surface area contributed by atoms with Crippen molar-refractivity contribution in [1.82, 2.24) is 0 Å². The van der Waals surface area contributed by atoms with Crippen molar-refractivity contribution in [1.29, 1.82) is 0 Å². The summed E-state index contributed by atoms with van der Waals surface area (Å²) in [5.41, 5.74) is 24.7. The minimum absolute atomic E-state index is 1.18. The van der Waals surface area contributed by atoms with Crippen molar-refractivity contribution >= 4 is 0 Å². The Morgan fingerprint density at radius 3 is 1.48 bits per heavy atom. The normalized spacial score (nSPS) is 23.0. The first-order valence-electron chi connectivity index (χ1n) is 15.3. The predicted molar refractivity (Wildman–Crippen MR) is 175 cm³/mol. The topological polar surface area (TPSA) is 0 Å². The van der Waals surface area contributed by atoms with Crippen LogP contribution in [0, 0.1) is 0 Å². The van der Waals surface area contributed by atoms with Crippen molar-refractivity contribution < 1.29 is 0 Å². The fraction of sp³-hybridized carbons (Fsp3) is 0.400. The van der Waals surface area contributed by atoms with Gasteiger partial charge in [-0.25, -0.2) is 0 Å². The van der Waals surface area contributed by atoms with Crippen LogP contribution in [0.25, 0.3) is 0 Å². The molecule has 0 spiro atoms. The van der Waals surface area contributed by atoms with Gasteiger partial charge in [0.25, 0.3) is 0 Å². The Kier molecular flexibility index (Phi) is 8.37. The van der Waals surface area contributed by atoms with Crippen LogP contribution in [0.4, 0.5) is 0 Å². The maximum absolute atomic E-state index is 2.34. The molecule has 208 valence electrons. The Morgan fingerprint density at radius 1 is 0.425 bits per heavy atom. The quantitative estimate of drug-likeness (QED) is 0.293. The van der Waals surface area contributed by atoms with Gasteiger partial charge in [0.2, 0.25) is 0 Å². The molecule has 0 nitrogen and oxygen atoms in total. The van der Waals surface area contributed by atoms with Crippen LogP contribution in [0.5, 0.6) is 0 Å². The van der Waals surface area contributed by atoms with E-state index in [0.29, 0.717) is 0 Å². The fourth-order valence-electron chi connectivity index (χ4n) is 7.17. The second kappa shape index (κ2) is 11.8. The minimum Gasteiger partial charge on any atom is -0.0769 e. The molecule has 0 heteroatoms. The molecule has 0 amide bonds. The van der Waals surface area contributed by atoms with E-state index in [2.05, 4.69) is 104 Å². The van der Waals surface area contributed by atoms with Crippen molar-refractivity contribution in [3.8, 4) is 0 Å². The van der Waals surface area contributed by atoms with Crippen molar-refractivity contribution in [2.75, 3.05) is 0 Å². The highest BCUT2D eigenvalue weighted by atomic mass is 14.2. The van der Waals surface area contributed by atoms with Crippen molar-refractivity contribution in [3.63, 3.8) is 0 Å². The molecule has 0 saturated carbocycles. The molecule has 0 N–H and O–H groups in total. The van der Waals surface area contributed by atoms with Crippen LogP contribution in [0.1, 0.15) is 107 Å². The van der Waals surface area contributed by atoms with Gasteiger partial charge in [-0.05, 0) is 146 Å². The number of allylic oxidation sites excluding steroid dienone is 24. The van der Waals surface area contributed by atoms with Gasteiger partial charge in [0.05, 0.1) is 0 Å². The van der Waals surface area contributed by atoms with Gasteiger partial charge < -0.3 is 0 Å². The van der Waals surface area contributed by atoms with E-state index in [0.717, 1.165) is 0 Å². The summed E-state index contributed by atoms with van der Waals surface area (Å²) in [6, 6.07) is 0. The van der Waals surface area contributed by atoms with Crippen LogP contribution in [0.3, 0.4) is 0 Å². The zero-order valence-electron chi connectivity index (χ0n) is 26.3. The molecule has 0 saturated heterocycles. The van der Waals surface area contributed by atoms with Gasteiger partial charge in [-0.3, -0.25) is 0 Å². The van der Waals surface area contributed by atoms with Crippen LogP contribution in [0.2, 0.25) is 0 Å². The Balaban J connectivity index is 0.000000108. The molecule has 8 rings (SSSR count). The van der Waals surface area contributed by atoms with E-state index < -0.39 is 0 Å². The molecule has 8 aliphatic carbocycles. The second-order valence-electron chi connectivity index (χ2n) is 13.3. The SMILES string of the molecule is CC1=CC2=C(C1)C(C)=CC2.CC1=CC2=C(C1)CC(C)=C2.CC1=CC2=C(C=C(C)C2)C1.CC1=CC2=CCC(C)=C2C1. The average Bonchev–Trinajstić information content (AvgIpc) is 3.72. The standard InChI is InChI=1S/4C10H12/c2*1-7-3-9-5-8(2)6-10(9)4-7;2*1-7-5-9-4-3-8(2)10(9)6-7/h3,6H,4-5H2,1-2H3;3,5H,4,6H2,1-2H3;4-5H,3,6H2,1-2H3;3,5H,4,6H2,1-2H3. The molecule has 0 aromatic rings. The highest BCUT2D eigenvalue weighted by Crippen LogP contribution is 2.39. The summed E-state index contributed by atoms with van der Waals surface area (Å²) in [5, 5.41) is 0. The fourth-order valence-corrected chi connectivity index (χ4v) is 7.17. The summed E-state index contributed by atoms with van der Waals surface area (Å²) < 4.78 is 0. The zero-order valence-corrected chi connectivity index (χ0v) is 26.3. The molecule has 0 bridgehead atoms. The number of hydrogen-bond donors (Lipinski definition) is 0. The van der Waals surface area contributed by atoms with E-state index in [1.54, 1.807) is 39.0 Å². The van der Waals surface area contributed by atoms with Crippen LogP contribution in [-0.4, -0.2) is 0 Å². The third-order valence-corrected chi connectivity index (χ3v) is 9.11. The lowest BCUT2D eigenvalue weighted by Gasteiger charge is -1.97. The van der Waals surface area contributed by atoms with E-state index >= 15 is 0 Å². The summed E-state index contributed by atoms with van der Waals surface area (Å²) in [6.07, 6.45) is 28.2. The van der Waals surface area contributed by atoms with Gasteiger partial charge >= 0.3 is 0 Å². The first-order chi connectivity index (χ1) is 19.0. The lowest BCUT2D eigenvalue weighted by Crippen LogP contribution is -1.78. The summed E-state index contributed by atoms with van der Waals surface area (Å²) >= 11 is 0. The van der Waals surface area contributed by atoms with Crippen molar-refractivity contribution in [2.45, 2.75) is 107 Å². The van der Waals surface area contributed by atoms with Gasteiger partial charge in [-0.1, -0.05) is 98.8 Å². The molecular formula is C40H48. The Labute approximate surface area is 244 Å². The smallest absolute Gasteiger partial charge is 0.00612 e. The third-order valence-electron chi connectivity index (χ3n) is 9.11. The molecule has 0 aromatic carbocycles. The Bertz CT molecular complexity index is 1460. The minimum atomic E-state index is 1.18. The van der Waals surface area contributed by atoms with E-state index in [9.17, 15) is 0 Å². The summed E-state index contributed by atoms with van der Waals surface area (Å²) in [4.78, 5) is 0. The zero-order chi connectivity index (χ0) is 28.6. The lowest BCUT2D eigenvalue weighted by molar-refractivity contribution is 1.05. The third kappa shape index (κ3) is 6.43. The summed E-state index contributed by atoms with van der Waals surface area (Å²) in [6.45, 7) is 17.7. The monoisotopic (exact) mass is 528 g/mol. The molecule has 8 aliphatic rings. The van der Waals surface area contributed by atoms with Crippen LogP contribution in [0.15, 0.2) is 138 Å². The van der Waals surface area contributed by atoms with Gasteiger partial charge in [0.15, 0.2) is 0 Å². The summed E-state index contributed by atoms with van der Waals surface area (Å²) in [7, 11) is 0. The second-order valence-corrected chi connectivity index (χ2v) is 13.3. The highest BCUT2D eigenvalue weighted by Gasteiger charge is 2.19. The van der Waals surface area contributed by atoms with Gasteiger partial charge in [-0.2, -0.15) is 0 Å². The average molecular weight is 529 g/mol. The first kappa shape index (κ1) is 28.4. The molecule has 0 aliphatic heterocycles. The van der Waals surface area contributed by atoms with Gasteiger partial charge in [0, 0.05) is 0 Å². The number of rotatable bonds is 0. The molecule has 0 unspecified atom stereocenters. The molecule has 40 heavy (non-hydrogen) atoms. The largest absolute Gasteiger partial charge is 0.0769 e. The van der Waals surface area contributed by atoms with Gasteiger partial charge in [-0.15, -0.1) is 0 Å². The van der Waals surface area contributed by atoms with Crippen LogP contribution in [-0.2, 0) is 0 Å². The Hall–Kier alpha value is -3.12. The van der Waals surface area contributed by atoms with Crippen LogP contribution < -0.4 is 0 Å². The van der Waals surface area contributed by atoms with E-state index in [-0.39, 0.29) is 0 Å².